The van der Waals surface area contributed by atoms with Crippen LogP contribution in [0.2, 0.25) is 0 Å². The van der Waals surface area contributed by atoms with Crippen molar-refractivity contribution in [1.29, 1.82) is 0 Å². The molecule has 2 aromatic carbocycles. The molecular formula is C21H27NO2S. The Labute approximate surface area is 151 Å². The van der Waals surface area contributed by atoms with Crippen molar-refractivity contribution in [3.05, 3.63) is 71.8 Å². The number of unbranched alkanes of at least 4 members (excludes halogenated alkanes) is 1. The van der Waals surface area contributed by atoms with Gasteiger partial charge >= 0.3 is 0 Å². The molecule has 1 atom stereocenters. The fraction of sp³-hybridized carbons (Fsp3) is 0.429. The summed E-state index contributed by atoms with van der Waals surface area (Å²) in [7, 11) is -2.91. The molecule has 1 saturated heterocycles. The maximum absolute atomic E-state index is 12.1. The first kappa shape index (κ1) is 18.2. The van der Waals surface area contributed by atoms with E-state index in [-0.39, 0.29) is 17.8 Å². The second-order valence-corrected chi connectivity index (χ2v) is 9.10. The lowest BCUT2D eigenvalue weighted by molar-refractivity contribution is 0.167. The molecule has 0 saturated carbocycles. The Morgan fingerprint density at radius 1 is 1.00 bits per heavy atom. The molecule has 1 aliphatic rings. The van der Waals surface area contributed by atoms with Crippen LogP contribution in [0.3, 0.4) is 0 Å². The summed E-state index contributed by atoms with van der Waals surface area (Å²) in [5, 5.41) is 0. The highest BCUT2D eigenvalue weighted by atomic mass is 32.2. The van der Waals surface area contributed by atoms with Crippen LogP contribution in [0.15, 0.2) is 60.7 Å². The van der Waals surface area contributed by atoms with Gasteiger partial charge in [-0.3, -0.25) is 4.90 Å². The van der Waals surface area contributed by atoms with Gasteiger partial charge in [0, 0.05) is 6.04 Å². The van der Waals surface area contributed by atoms with E-state index in [1.807, 2.05) is 12.1 Å². The van der Waals surface area contributed by atoms with Gasteiger partial charge in [-0.05, 0) is 30.5 Å². The lowest BCUT2D eigenvalue weighted by Gasteiger charge is -2.37. The van der Waals surface area contributed by atoms with Crippen LogP contribution in [-0.2, 0) is 9.84 Å². The summed E-state index contributed by atoms with van der Waals surface area (Å²) in [6, 6.07) is 21.1. The molecule has 3 nitrogen and oxygen atoms in total. The van der Waals surface area contributed by atoms with Gasteiger partial charge in [-0.2, -0.15) is 0 Å². The van der Waals surface area contributed by atoms with Crippen molar-refractivity contribution in [1.82, 2.24) is 4.90 Å². The normalized spacial score (nSPS) is 19.6. The highest BCUT2D eigenvalue weighted by Crippen LogP contribution is 2.33. The van der Waals surface area contributed by atoms with E-state index in [9.17, 15) is 8.42 Å². The van der Waals surface area contributed by atoms with Crippen LogP contribution >= 0.6 is 0 Å². The van der Waals surface area contributed by atoms with Gasteiger partial charge in [0.25, 0.3) is 0 Å². The van der Waals surface area contributed by atoms with Crippen LogP contribution in [0.25, 0.3) is 0 Å². The van der Waals surface area contributed by atoms with Gasteiger partial charge in [-0.25, -0.2) is 8.42 Å². The Bertz CT molecular complexity index is 719. The van der Waals surface area contributed by atoms with Gasteiger partial charge in [0.05, 0.1) is 17.5 Å². The highest BCUT2D eigenvalue weighted by molar-refractivity contribution is 7.91. The fourth-order valence-corrected chi connectivity index (χ4v) is 5.49. The first-order chi connectivity index (χ1) is 12.1. The third-order valence-electron chi connectivity index (χ3n) is 5.01. The largest absolute Gasteiger partial charge is 0.288 e. The van der Waals surface area contributed by atoms with Gasteiger partial charge in [0.2, 0.25) is 0 Å². The SMILES string of the molecule is CCCCN(C(c1ccccc1)c1ccccc1)[C@@H]1CCS(=O)(=O)C1. The van der Waals surface area contributed by atoms with E-state index in [0.717, 1.165) is 25.8 Å². The Morgan fingerprint density at radius 2 is 1.56 bits per heavy atom. The molecule has 25 heavy (non-hydrogen) atoms. The molecule has 0 bridgehead atoms. The summed E-state index contributed by atoms with van der Waals surface area (Å²) in [4.78, 5) is 2.43. The van der Waals surface area contributed by atoms with Crippen molar-refractivity contribution >= 4 is 9.84 Å². The van der Waals surface area contributed by atoms with Crippen LogP contribution in [0.4, 0.5) is 0 Å². The lowest BCUT2D eigenvalue weighted by Crippen LogP contribution is -2.40. The molecule has 0 radical (unpaired) electrons. The van der Waals surface area contributed by atoms with Gasteiger partial charge in [0.1, 0.15) is 0 Å². The zero-order chi connectivity index (χ0) is 17.7. The summed E-state index contributed by atoms with van der Waals surface area (Å²) in [6.07, 6.45) is 2.92. The molecule has 1 aliphatic heterocycles. The van der Waals surface area contributed by atoms with E-state index in [0.29, 0.717) is 5.75 Å². The molecule has 0 unspecified atom stereocenters. The molecule has 134 valence electrons. The molecule has 1 heterocycles. The monoisotopic (exact) mass is 357 g/mol. The third kappa shape index (κ3) is 4.50. The van der Waals surface area contributed by atoms with E-state index in [1.54, 1.807) is 0 Å². The average Bonchev–Trinajstić information content (AvgIpc) is 3.00. The maximum atomic E-state index is 12.1. The maximum Gasteiger partial charge on any atom is 0.151 e. The highest BCUT2D eigenvalue weighted by Gasteiger charge is 2.36. The van der Waals surface area contributed by atoms with Gasteiger partial charge in [-0.15, -0.1) is 0 Å². The molecule has 2 aromatic rings. The Balaban J connectivity index is 2.00. The van der Waals surface area contributed by atoms with Crippen LogP contribution in [0.5, 0.6) is 0 Å². The Kier molecular flexibility index (Phi) is 5.92. The van der Waals surface area contributed by atoms with Crippen molar-refractivity contribution in [2.75, 3.05) is 18.1 Å². The van der Waals surface area contributed by atoms with Crippen molar-refractivity contribution in [2.45, 2.75) is 38.3 Å². The number of sulfone groups is 1. The third-order valence-corrected chi connectivity index (χ3v) is 6.76. The Morgan fingerprint density at radius 3 is 2.00 bits per heavy atom. The summed E-state index contributed by atoms with van der Waals surface area (Å²) in [5.74, 6) is 0.601. The van der Waals surface area contributed by atoms with Gasteiger partial charge in [0.15, 0.2) is 9.84 Å². The molecule has 0 aliphatic carbocycles. The second-order valence-electron chi connectivity index (χ2n) is 6.87. The number of hydrogen-bond acceptors (Lipinski definition) is 3. The minimum absolute atomic E-state index is 0.0990. The van der Waals surface area contributed by atoms with Crippen molar-refractivity contribution in [2.24, 2.45) is 0 Å². The molecule has 3 rings (SSSR count). The molecule has 0 spiro atoms. The first-order valence-electron chi connectivity index (χ1n) is 9.17. The summed E-state index contributed by atoms with van der Waals surface area (Å²) in [6.45, 7) is 3.11. The predicted octanol–water partition coefficient (Wildman–Crippen LogP) is 4.07. The van der Waals surface area contributed by atoms with E-state index < -0.39 is 9.84 Å². The average molecular weight is 358 g/mol. The van der Waals surface area contributed by atoms with E-state index >= 15 is 0 Å². The van der Waals surface area contributed by atoms with Gasteiger partial charge < -0.3 is 0 Å². The van der Waals surface area contributed by atoms with Gasteiger partial charge in [-0.1, -0.05) is 74.0 Å². The molecule has 0 N–H and O–H groups in total. The second kappa shape index (κ2) is 8.15. The lowest BCUT2D eigenvalue weighted by atomic mass is 9.95. The fourth-order valence-electron chi connectivity index (χ4n) is 3.75. The number of benzene rings is 2. The van der Waals surface area contributed by atoms with Crippen LogP contribution in [0.1, 0.15) is 43.4 Å². The zero-order valence-electron chi connectivity index (χ0n) is 14.8. The number of hydrogen-bond donors (Lipinski definition) is 0. The van der Waals surface area contributed by atoms with E-state index in [1.165, 1.54) is 11.1 Å². The van der Waals surface area contributed by atoms with Crippen LogP contribution in [0, 0.1) is 0 Å². The zero-order valence-corrected chi connectivity index (χ0v) is 15.7. The standard InChI is InChI=1S/C21H27NO2S/c1-2-3-15-22(20-14-16-25(23,24)17-20)21(18-10-6-4-7-11-18)19-12-8-5-9-13-19/h4-13,20-21H,2-3,14-17H2,1H3/t20-/m1/s1. The Hall–Kier alpha value is -1.65. The predicted molar refractivity (Wildman–Crippen MR) is 103 cm³/mol. The van der Waals surface area contributed by atoms with Crippen LogP contribution in [-0.4, -0.2) is 37.4 Å². The van der Waals surface area contributed by atoms with Crippen LogP contribution < -0.4 is 0 Å². The van der Waals surface area contributed by atoms with Crippen molar-refractivity contribution in [3.8, 4) is 0 Å². The van der Waals surface area contributed by atoms with Crippen molar-refractivity contribution in [3.63, 3.8) is 0 Å². The summed E-state index contributed by atoms with van der Waals surface area (Å²) in [5.41, 5.74) is 2.46. The molecule has 4 heteroatoms. The van der Waals surface area contributed by atoms with Crippen molar-refractivity contribution < 1.29 is 8.42 Å². The van der Waals surface area contributed by atoms with E-state index in [4.69, 9.17) is 0 Å². The molecule has 0 aromatic heterocycles. The topological polar surface area (TPSA) is 37.4 Å². The summed E-state index contributed by atoms with van der Waals surface area (Å²) >= 11 is 0. The number of nitrogens with zero attached hydrogens (tertiary/aromatic N) is 1. The molecule has 1 fully saturated rings. The molecule has 0 amide bonds. The first-order valence-corrected chi connectivity index (χ1v) is 11.0. The minimum Gasteiger partial charge on any atom is -0.288 e. The molecular weight excluding hydrogens is 330 g/mol. The minimum atomic E-state index is -2.91. The number of rotatable bonds is 7. The van der Waals surface area contributed by atoms with E-state index in [2.05, 4.69) is 60.4 Å². The summed E-state index contributed by atoms with van der Waals surface area (Å²) < 4.78 is 24.2. The smallest absolute Gasteiger partial charge is 0.151 e. The quantitative estimate of drug-likeness (QED) is 0.750.